The molecule has 2 amide bonds. The minimum Gasteiger partial charge on any atom is -0.493 e. The molecule has 2 aromatic carbocycles. The minimum absolute atomic E-state index is 0.0807. The Kier molecular flexibility index (Phi) is 6.62. The first-order valence-electron chi connectivity index (χ1n) is 10.1. The maximum Gasteiger partial charge on any atom is 0.264 e. The molecule has 1 unspecified atom stereocenters. The van der Waals surface area contributed by atoms with Crippen LogP contribution in [0.5, 0.6) is 11.5 Å². The molecular weight excluding hydrogens is 450 g/mol. The summed E-state index contributed by atoms with van der Waals surface area (Å²) in [6.07, 6.45) is 0.710. The topological polar surface area (TPSA) is 89.6 Å². The number of carbonyl (C=O) groups is 2. The number of amides is 2. The number of nitrogens with zero attached hydrogens (tertiary/aromatic N) is 1. The van der Waals surface area contributed by atoms with Crippen molar-refractivity contribution in [1.29, 1.82) is 0 Å². The Morgan fingerprint density at radius 2 is 2.12 bits per heavy atom. The minimum atomic E-state index is -0.303. The lowest BCUT2D eigenvalue weighted by Gasteiger charge is -2.26. The summed E-state index contributed by atoms with van der Waals surface area (Å²) in [5.74, 6) is 0.954. The number of ether oxygens (including phenoxy) is 2. The lowest BCUT2D eigenvalue weighted by atomic mass is 9.97. The van der Waals surface area contributed by atoms with E-state index in [4.69, 9.17) is 21.1 Å². The third-order valence-corrected chi connectivity index (χ3v) is 6.15. The Balaban J connectivity index is 1.41. The largest absolute Gasteiger partial charge is 0.493 e. The Hall–Kier alpha value is -3.10. The molecule has 0 saturated heterocycles. The van der Waals surface area contributed by atoms with Crippen LogP contribution in [0.2, 0.25) is 5.02 Å². The third-order valence-electron chi connectivity index (χ3n) is 4.97. The summed E-state index contributed by atoms with van der Waals surface area (Å²) in [6.45, 7) is 3.80. The van der Waals surface area contributed by atoms with Crippen LogP contribution >= 0.6 is 22.9 Å². The van der Waals surface area contributed by atoms with Crippen molar-refractivity contribution in [2.45, 2.75) is 26.3 Å². The predicted molar refractivity (Wildman–Crippen MR) is 125 cm³/mol. The number of hydrogen-bond acceptors (Lipinski definition) is 6. The van der Waals surface area contributed by atoms with Crippen LogP contribution in [0.25, 0.3) is 11.3 Å². The van der Waals surface area contributed by atoms with Gasteiger partial charge in [-0.3, -0.25) is 14.9 Å². The van der Waals surface area contributed by atoms with Gasteiger partial charge in [0, 0.05) is 34.9 Å². The van der Waals surface area contributed by atoms with Crippen molar-refractivity contribution in [2.75, 3.05) is 18.5 Å². The molecule has 0 spiro atoms. The van der Waals surface area contributed by atoms with Crippen LogP contribution < -0.4 is 20.1 Å². The number of rotatable bonds is 6. The zero-order valence-corrected chi connectivity index (χ0v) is 19.2. The standard InChI is InChI=1S/C23H22ClN3O4S/c1-13-9-16(4-5-18(13)24)31-11-22(29)27-23-26-20(12-32-23)15-3-6-21-17(10-15)19(7-8-30-21)25-14(2)28/h3-6,9-10,12,19H,7-8,11H2,1-2H3,(H,25,28)(H,26,27,29). The van der Waals surface area contributed by atoms with Gasteiger partial charge in [-0.2, -0.15) is 0 Å². The number of halogens is 1. The van der Waals surface area contributed by atoms with Crippen LogP contribution in [-0.4, -0.2) is 30.0 Å². The molecule has 0 bridgehead atoms. The van der Waals surface area contributed by atoms with Crippen LogP contribution in [0.4, 0.5) is 5.13 Å². The molecule has 3 aromatic rings. The van der Waals surface area contributed by atoms with Crippen LogP contribution in [0.3, 0.4) is 0 Å². The number of thiazole rings is 1. The highest BCUT2D eigenvalue weighted by molar-refractivity contribution is 7.14. The number of nitrogens with one attached hydrogen (secondary N) is 2. The lowest BCUT2D eigenvalue weighted by Crippen LogP contribution is -2.30. The van der Waals surface area contributed by atoms with E-state index in [-0.39, 0.29) is 24.5 Å². The summed E-state index contributed by atoms with van der Waals surface area (Å²) in [4.78, 5) is 28.3. The number of anilines is 1. The molecular formula is C23H22ClN3O4S. The highest BCUT2D eigenvalue weighted by Crippen LogP contribution is 2.36. The molecule has 0 saturated carbocycles. The number of fused-ring (bicyclic) bond motifs is 1. The molecule has 1 atom stereocenters. The molecule has 2 N–H and O–H groups in total. The van der Waals surface area contributed by atoms with E-state index in [1.54, 1.807) is 18.2 Å². The van der Waals surface area contributed by atoms with Gasteiger partial charge in [0.1, 0.15) is 11.5 Å². The zero-order valence-electron chi connectivity index (χ0n) is 17.6. The second-order valence-corrected chi connectivity index (χ2v) is 8.69. The van der Waals surface area contributed by atoms with E-state index >= 15 is 0 Å². The second-order valence-electron chi connectivity index (χ2n) is 7.43. The number of aryl methyl sites for hydroxylation is 1. The SMILES string of the molecule is CC(=O)NC1CCOc2ccc(-c3csc(NC(=O)COc4ccc(Cl)c(C)c4)n3)cc21. The number of aromatic nitrogens is 1. The molecule has 0 aliphatic carbocycles. The maximum atomic E-state index is 12.3. The van der Waals surface area contributed by atoms with Gasteiger partial charge >= 0.3 is 0 Å². The van der Waals surface area contributed by atoms with Crippen LogP contribution in [0, 0.1) is 6.92 Å². The van der Waals surface area contributed by atoms with Gasteiger partial charge in [-0.05, 0) is 48.9 Å². The van der Waals surface area contributed by atoms with Crippen molar-refractivity contribution in [1.82, 2.24) is 10.3 Å². The monoisotopic (exact) mass is 471 g/mol. The fourth-order valence-electron chi connectivity index (χ4n) is 3.42. The van der Waals surface area contributed by atoms with Crippen molar-refractivity contribution in [3.63, 3.8) is 0 Å². The molecule has 1 aromatic heterocycles. The molecule has 7 nitrogen and oxygen atoms in total. The van der Waals surface area contributed by atoms with E-state index in [2.05, 4.69) is 15.6 Å². The first-order chi connectivity index (χ1) is 15.4. The van der Waals surface area contributed by atoms with Crippen LogP contribution in [0.1, 0.15) is 30.5 Å². The summed E-state index contributed by atoms with van der Waals surface area (Å²) in [5.41, 5.74) is 3.42. The molecule has 4 rings (SSSR count). The highest BCUT2D eigenvalue weighted by atomic mass is 35.5. The average Bonchev–Trinajstić information content (AvgIpc) is 3.22. The van der Waals surface area contributed by atoms with E-state index in [1.165, 1.54) is 18.3 Å². The van der Waals surface area contributed by atoms with E-state index in [1.807, 2.05) is 30.5 Å². The van der Waals surface area contributed by atoms with Crippen molar-refractivity contribution in [3.8, 4) is 22.8 Å². The molecule has 32 heavy (non-hydrogen) atoms. The molecule has 166 valence electrons. The summed E-state index contributed by atoms with van der Waals surface area (Å²) in [7, 11) is 0. The Morgan fingerprint density at radius 3 is 2.91 bits per heavy atom. The molecule has 9 heteroatoms. The number of benzene rings is 2. The number of carbonyl (C=O) groups excluding carboxylic acids is 2. The lowest BCUT2D eigenvalue weighted by molar-refractivity contribution is -0.120. The van der Waals surface area contributed by atoms with Crippen molar-refractivity contribution < 1.29 is 19.1 Å². The smallest absolute Gasteiger partial charge is 0.264 e. The Bertz CT molecular complexity index is 1160. The zero-order chi connectivity index (χ0) is 22.7. The van der Waals surface area contributed by atoms with Crippen molar-refractivity contribution in [3.05, 3.63) is 57.9 Å². The highest BCUT2D eigenvalue weighted by Gasteiger charge is 2.23. The summed E-state index contributed by atoms with van der Waals surface area (Å²) in [5, 5.41) is 8.73. The Morgan fingerprint density at radius 1 is 1.28 bits per heavy atom. The van der Waals surface area contributed by atoms with Crippen molar-refractivity contribution in [2.24, 2.45) is 0 Å². The third kappa shape index (κ3) is 5.20. The summed E-state index contributed by atoms with van der Waals surface area (Å²) < 4.78 is 11.2. The number of hydrogen-bond donors (Lipinski definition) is 2. The van der Waals surface area contributed by atoms with Crippen LogP contribution in [0.15, 0.2) is 41.8 Å². The van der Waals surface area contributed by atoms with E-state index in [0.29, 0.717) is 28.9 Å². The molecule has 0 radical (unpaired) electrons. The average molecular weight is 472 g/mol. The molecule has 1 aliphatic rings. The second kappa shape index (κ2) is 9.58. The predicted octanol–water partition coefficient (Wildman–Crippen LogP) is 4.75. The van der Waals surface area contributed by atoms with Gasteiger partial charge in [-0.1, -0.05) is 11.6 Å². The first kappa shape index (κ1) is 22.1. The summed E-state index contributed by atoms with van der Waals surface area (Å²) in [6, 6.07) is 10.9. The van der Waals surface area contributed by atoms with Gasteiger partial charge < -0.3 is 14.8 Å². The van der Waals surface area contributed by atoms with Crippen LogP contribution in [-0.2, 0) is 9.59 Å². The van der Waals surface area contributed by atoms with E-state index in [0.717, 1.165) is 28.1 Å². The normalized spacial score (nSPS) is 14.8. The van der Waals surface area contributed by atoms with Gasteiger partial charge in [0.15, 0.2) is 11.7 Å². The molecule has 2 heterocycles. The first-order valence-corrected chi connectivity index (χ1v) is 11.3. The Labute approximate surface area is 194 Å². The fraction of sp³-hybridized carbons (Fsp3) is 0.261. The van der Waals surface area contributed by atoms with E-state index in [9.17, 15) is 9.59 Å². The maximum absolute atomic E-state index is 12.3. The van der Waals surface area contributed by atoms with Gasteiger partial charge in [0.05, 0.1) is 18.3 Å². The molecule has 0 fully saturated rings. The van der Waals surface area contributed by atoms with Crippen molar-refractivity contribution >= 4 is 39.9 Å². The molecule has 1 aliphatic heterocycles. The van der Waals surface area contributed by atoms with E-state index < -0.39 is 0 Å². The van der Waals surface area contributed by atoms with Gasteiger partial charge in [0.2, 0.25) is 5.91 Å². The summed E-state index contributed by atoms with van der Waals surface area (Å²) >= 11 is 7.34. The van der Waals surface area contributed by atoms with Gasteiger partial charge in [-0.25, -0.2) is 4.98 Å². The van der Waals surface area contributed by atoms with Gasteiger partial charge in [-0.15, -0.1) is 11.3 Å². The quantitative estimate of drug-likeness (QED) is 0.541. The fourth-order valence-corrected chi connectivity index (χ4v) is 4.28. The van der Waals surface area contributed by atoms with Gasteiger partial charge in [0.25, 0.3) is 5.91 Å².